The second kappa shape index (κ2) is 11.9. The molecule has 9 nitrogen and oxygen atoms in total. The maximum atomic E-state index is 12.5. The molecule has 0 aromatic heterocycles. The van der Waals surface area contributed by atoms with Gasteiger partial charge in [-0.25, -0.2) is 4.79 Å². The van der Waals surface area contributed by atoms with Crippen molar-refractivity contribution in [2.24, 2.45) is 4.99 Å². The maximum Gasteiger partial charge on any atom is 0.411 e. The van der Waals surface area contributed by atoms with Crippen LogP contribution in [0.2, 0.25) is 0 Å². The molecule has 2 amide bonds. The lowest BCUT2D eigenvalue weighted by Crippen LogP contribution is -2.55. The number of methoxy groups -OCH3 is 1. The van der Waals surface area contributed by atoms with Crippen LogP contribution in [-0.2, 0) is 20.8 Å². The molecule has 1 aromatic carbocycles. The second-order valence-electron chi connectivity index (χ2n) is 7.03. The molecule has 0 saturated carbocycles. The van der Waals surface area contributed by atoms with Crippen LogP contribution in [0.25, 0.3) is 0 Å². The summed E-state index contributed by atoms with van der Waals surface area (Å²) in [6, 6.07) is 7.52. The number of benzene rings is 1. The monoisotopic (exact) mass is 531 g/mol. The Morgan fingerprint density at radius 1 is 1.17 bits per heavy atom. The average molecular weight is 531 g/mol. The number of guanidine groups is 1. The first kappa shape index (κ1) is 24.2. The number of nitrogens with zero attached hydrogens (tertiary/aromatic N) is 3. The zero-order chi connectivity index (χ0) is 20.6. The normalized spacial score (nSPS) is 19.1. The highest BCUT2D eigenvalue weighted by Crippen LogP contribution is 2.16. The van der Waals surface area contributed by atoms with Crippen LogP contribution in [0, 0.1) is 0 Å². The number of anilines is 1. The molecule has 30 heavy (non-hydrogen) atoms. The molecule has 166 valence electrons. The Bertz CT molecular complexity index is 729. The highest BCUT2D eigenvalue weighted by atomic mass is 127. The summed E-state index contributed by atoms with van der Waals surface area (Å²) in [7, 11) is 3.09. The van der Waals surface area contributed by atoms with Crippen LogP contribution in [0.3, 0.4) is 0 Å². The molecule has 2 aliphatic heterocycles. The maximum absolute atomic E-state index is 12.5. The van der Waals surface area contributed by atoms with E-state index >= 15 is 0 Å². The van der Waals surface area contributed by atoms with Gasteiger partial charge in [0.05, 0.1) is 7.11 Å². The standard InChI is InChI=1S/C20H29N5O4.HI/c1-21-19(22-14-15-5-7-16(8-6-15)23-20(27)28-2)25-11-9-24(10-12-25)18(26)17-4-3-13-29-17;/h5-8,17H,3-4,9-14H2,1-2H3,(H,21,22)(H,23,27);1H. The van der Waals surface area contributed by atoms with Gasteiger partial charge in [-0.15, -0.1) is 24.0 Å². The first-order valence-electron chi connectivity index (χ1n) is 9.90. The Labute approximate surface area is 194 Å². The Morgan fingerprint density at radius 3 is 2.40 bits per heavy atom. The number of halogens is 1. The van der Waals surface area contributed by atoms with E-state index in [0.29, 0.717) is 31.9 Å². The number of ether oxygens (including phenoxy) is 2. The van der Waals surface area contributed by atoms with E-state index in [1.165, 1.54) is 7.11 Å². The fourth-order valence-electron chi connectivity index (χ4n) is 3.50. The van der Waals surface area contributed by atoms with Gasteiger partial charge in [-0.05, 0) is 30.5 Å². The lowest BCUT2D eigenvalue weighted by Gasteiger charge is -2.37. The summed E-state index contributed by atoms with van der Waals surface area (Å²) in [4.78, 5) is 32.1. The summed E-state index contributed by atoms with van der Waals surface area (Å²) in [5, 5.41) is 5.99. The topological polar surface area (TPSA) is 95.5 Å². The van der Waals surface area contributed by atoms with Crippen molar-refractivity contribution in [3.63, 3.8) is 0 Å². The highest BCUT2D eigenvalue weighted by molar-refractivity contribution is 14.0. The number of nitrogens with one attached hydrogen (secondary N) is 2. The van der Waals surface area contributed by atoms with Gasteiger partial charge in [-0.3, -0.25) is 15.1 Å². The number of amides is 2. The predicted molar refractivity (Wildman–Crippen MR) is 125 cm³/mol. The van der Waals surface area contributed by atoms with Gasteiger partial charge in [0.1, 0.15) is 6.10 Å². The van der Waals surface area contributed by atoms with Gasteiger partial charge >= 0.3 is 6.09 Å². The van der Waals surface area contributed by atoms with Crippen molar-refractivity contribution in [1.82, 2.24) is 15.1 Å². The molecule has 0 radical (unpaired) electrons. The van der Waals surface area contributed by atoms with E-state index in [0.717, 1.165) is 37.5 Å². The first-order chi connectivity index (χ1) is 14.1. The van der Waals surface area contributed by atoms with Gasteiger partial charge < -0.3 is 24.6 Å². The van der Waals surface area contributed by atoms with Crippen molar-refractivity contribution >= 4 is 47.6 Å². The SMILES string of the molecule is CN=C(NCc1ccc(NC(=O)OC)cc1)N1CCN(C(=O)C2CCCO2)CC1.I. The summed E-state index contributed by atoms with van der Waals surface area (Å²) < 4.78 is 10.1. The van der Waals surface area contributed by atoms with Crippen molar-refractivity contribution in [2.75, 3.05) is 52.3 Å². The van der Waals surface area contributed by atoms with E-state index in [1.807, 2.05) is 29.2 Å². The lowest BCUT2D eigenvalue weighted by atomic mass is 10.2. The molecule has 0 aliphatic carbocycles. The fraction of sp³-hybridized carbons (Fsp3) is 0.550. The molecule has 0 bridgehead atoms. The Balaban J connectivity index is 0.00000320. The average Bonchev–Trinajstić information content (AvgIpc) is 3.30. The van der Waals surface area contributed by atoms with E-state index in [2.05, 4.69) is 25.3 Å². The van der Waals surface area contributed by atoms with Gasteiger partial charge in [0, 0.05) is 52.1 Å². The zero-order valence-corrected chi connectivity index (χ0v) is 19.8. The van der Waals surface area contributed by atoms with E-state index in [1.54, 1.807) is 7.05 Å². The first-order valence-corrected chi connectivity index (χ1v) is 9.90. The van der Waals surface area contributed by atoms with Crippen LogP contribution in [0.1, 0.15) is 18.4 Å². The van der Waals surface area contributed by atoms with Crippen molar-refractivity contribution in [2.45, 2.75) is 25.5 Å². The Hall–Kier alpha value is -2.08. The zero-order valence-electron chi connectivity index (χ0n) is 17.4. The summed E-state index contributed by atoms with van der Waals surface area (Å²) in [5.74, 6) is 0.928. The van der Waals surface area contributed by atoms with E-state index in [-0.39, 0.29) is 36.0 Å². The number of rotatable bonds is 4. The molecule has 1 unspecified atom stereocenters. The summed E-state index contributed by atoms with van der Waals surface area (Å²) in [6.45, 7) is 4.12. The molecule has 0 spiro atoms. The van der Waals surface area contributed by atoms with Crippen molar-refractivity contribution in [3.05, 3.63) is 29.8 Å². The summed E-state index contributed by atoms with van der Waals surface area (Å²) >= 11 is 0. The summed E-state index contributed by atoms with van der Waals surface area (Å²) in [6.07, 6.45) is 1.05. The quantitative estimate of drug-likeness (QED) is 0.350. The third-order valence-corrected chi connectivity index (χ3v) is 5.14. The number of carbonyl (C=O) groups is 2. The van der Waals surface area contributed by atoms with Crippen LogP contribution in [-0.4, -0.2) is 80.8 Å². The molecular formula is C20H30IN5O4. The van der Waals surface area contributed by atoms with Crippen LogP contribution in [0.15, 0.2) is 29.3 Å². The van der Waals surface area contributed by atoms with Gasteiger partial charge in [0.25, 0.3) is 5.91 Å². The van der Waals surface area contributed by atoms with Crippen LogP contribution in [0.5, 0.6) is 0 Å². The molecular weight excluding hydrogens is 501 g/mol. The van der Waals surface area contributed by atoms with Crippen molar-refractivity contribution in [1.29, 1.82) is 0 Å². The minimum Gasteiger partial charge on any atom is -0.453 e. The molecule has 2 N–H and O–H groups in total. The molecule has 2 saturated heterocycles. The molecule has 10 heteroatoms. The lowest BCUT2D eigenvalue weighted by molar-refractivity contribution is -0.142. The van der Waals surface area contributed by atoms with Gasteiger partial charge in [-0.2, -0.15) is 0 Å². The van der Waals surface area contributed by atoms with E-state index in [9.17, 15) is 9.59 Å². The third kappa shape index (κ3) is 6.46. The molecule has 1 atom stereocenters. The Kier molecular flexibility index (Phi) is 9.63. The molecule has 3 rings (SSSR count). The smallest absolute Gasteiger partial charge is 0.411 e. The van der Waals surface area contributed by atoms with Crippen molar-refractivity contribution in [3.8, 4) is 0 Å². The van der Waals surface area contributed by atoms with Gasteiger partial charge in [0.2, 0.25) is 0 Å². The Morgan fingerprint density at radius 2 is 1.83 bits per heavy atom. The van der Waals surface area contributed by atoms with E-state index in [4.69, 9.17) is 4.74 Å². The second-order valence-corrected chi connectivity index (χ2v) is 7.03. The van der Waals surface area contributed by atoms with Crippen LogP contribution in [0.4, 0.5) is 10.5 Å². The highest BCUT2D eigenvalue weighted by Gasteiger charge is 2.30. The number of aliphatic imine (C=N–C) groups is 1. The third-order valence-electron chi connectivity index (χ3n) is 5.14. The molecule has 1 aromatic rings. The van der Waals surface area contributed by atoms with Crippen LogP contribution < -0.4 is 10.6 Å². The van der Waals surface area contributed by atoms with E-state index < -0.39 is 6.09 Å². The van der Waals surface area contributed by atoms with Crippen LogP contribution >= 0.6 is 24.0 Å². The number of hydrogen-bond acceptors (Lipinski definition) is 5. The largest absolute Gasteiger partial charge is 0.453 e. The molecule has 2 heterocycles. The fourth-order valence-corrected chi connectivity index (χ4v) is 3.50. The predicted octanol–water partition coefficient (Wildman–Crippen LogP) is 1.88. The number of carbonyl (C=O) groups excluding carboxylic acids is 2. The minimum atomic E-state index is -0.492. The molecule has 2 aliphatic rings. The van der Waals surface area contributed by atoms with Gasteiger partial charge in [-0.1, -0.05) is 12.1 Å². The minimum absolute atomic E-state index is 0. The van der Waals surface area contributed by atoms with Crippen molar-refractivity contribution < 1.29 is 19.1 Å². The number of piperazine rings is 1. The van der Waals surface area contributed by atoms with Gasteiger partial charge in [0.15, 0.2) is 5.96 Å². The molecule has 2 fully saturated rings. The number of hydrogen-bond donors (Lipinski definition) is 2. The summed E-state index contributed by atoms with van der Waals surface area (Å²) in [5.41, 5.74) is 1.74.